The fraction of sp³-hybridized carbons (Fsp3) is 0.263. The van der Waals surface area contributed by atoms with E-state index in [1.807, 2.05) is 26.0 Å². The summed E-state index contributed by atoms with van der Waals surface area (Å²) in [6.07, 6.45) is 2.57. The molecule has 25 heavy (non-hydrogen) atoms. The standard InChI is InChI=1S/C19H19ClN2O3/c1-3-24-17-9-14-7-12(2)25-18(14)10-15(17)11-21-22-19(23)13-5-4-6-16(20)8-13/h4-6,8-12H,3,7H2,1-2H3,(H,22,23)/b21-11-/t12-/m1/s1. The van der Waals surface area contributed by atoms with E-state index in [1.165, 1.54) is 0 Å². The molecule has 0 bridgehead atoms. The van der Waals surface area contributed by atoms with Gasteiger partial charge in [0.15, 0.2) is 0 Å². The summed E-state index contributed by atoms with van der Waals surface area (Å²) in [5, 5.41) is 4.53. The molecule has 1 atom stereocenters. The van der Waals surface area contributed by atoms with Gasteiger partial charge in [-0.25, -0.2) is 5.43 Å². The number of fused-ring (bicyclic) bond motifs is 1. The highest BCUT2D eigenvalue weighted by atomic mass is 35.5. The molecule has 0 radical (unpaired) electrons. The summed E-state index contributed by atoms with van der Waals surface area (Å²) in [5.74, 6) is 1.22. The number of nitrogens with zero attached hydrogens (tertiary/aromatic N) is 1. The Morgan fingerprint density at radius 1 is 1.44 bits per heavy atom. The van der Waals surface area contributed by atoms with Crippen molar-refractivity contribution in [1.82, 2.24) is 5.43 Å². The Hall–Kier alpha value is -2.53. The Bertz CT molecular complexity index is 820. The van der Waals surface area contributed by atoms with Gasteiger partial charge in [0.2, 0.25) is 0 Å². The van der Waals surface area contributed by atoms with E-state index in [0.29, 0.717) is 17.2 Å². The van der Waals surface area contributed by atoms with Crippen LogP contribution in [0, 0.1) is 0 Å². The van der Waals surface area contributed by atoms with E-state index in [0.717, 1.165) is 29.0 Å². The molecular formula is C19H19ClN2O3. The second kappa shape index (κ2) is 7.57. The van der Waals surface area contributed by atoms with Crippen LogP contribution in [0.4, 0.5) is 0 Å². The van der Waals surface area contributed by atoms with E-state index in [9.17, 15) is 4.79 Å². The van der Waals surface area contributed by atoms with Crippen LogP contribution >= 0.6 is 11.6 Å². The Labute approximate surface area is 151 Å². The summed E-state index contributed by atoms with van der Waals surface area (Å²) < 4.78 is 11.4. The summed E-state index contributed by atoms with van der Waals surface area (Å²) in [6, 6.07) is 10.5. The van der Waals surface area contributed by atoms with Crippen molar-refractivity contribution >= 4 is 23.7 Å². The van der Waals surface area contributed by atoms with Crippen LogP contribution in [-0.4, -0.2) is 24.8 Å². The van der Waals surface area contributed by atoms with Crippen molar-refractivity contribution in [3.63, 3.8) is 0 Å². The van der Waals surface area contributed by atoms with E-state index in [4.69, 9.17) is 21.1 Å². The number of nitrogens with one attached hydrogen (secondary N) is 1. The van der Waals surface area contributed by atoms with E-state index in [2.05, 4.69) is 10.5 Å². The van der Waals surface area contributed by atoms with Crippen LogP contribution in [0.15, 0.2) is 41.5 Å². The van der Waals surface area contributed by atoms with Crippen LogP contribution in [0.1, 0.15) is 35.3 Å². The molecule has 0 spiro atoms. The average Bonchev–Trinajstić information content (AvgIpc) is 2.94. The van der Waals surface area contributed by atoms with Gasteiger partial charge in [0.25, 0.3) is 5.91 Å². The molecule has 0 unspecified atom stereocenters. The van der Waals surface area contributed by atoms with Crippen molar-refractivity contribution in [3.05, 3.63) is 58.1 Å². The zero-order valence-electron chi connectivity index (χ0n) is 14.1. The predicted molar refractivity (Wildman–Crippen MR) is 97.9 cm³/mol. The van der Waals surface area contributed by atoms with E-state index >= 15 is 0 Å². The van der Waals surface area contributed by atoms with Crippen LogP contribution < -0.4 is 14.9 Å². The molecule has 1 amide bonds. The van der Waals surface area contributed by atoms with Crippen molar-refractivity contribution in [2.75, 3.05) is 6.61 Å². The van der Waals surface area contributed by atoms with Gasteiger partial charge in [-0.2, -0.15) is 5.10 Å². The maximum atomic E-state index is 12.1. The molecule has 1 aliphatic rings. The first-order chi connectivity index (χ1) is 12.1. The van der Waals surface area contributed by atoms with Gasteiger partial charge >= 0.3 is 0 Å². The van der Waals surface area contributed by atoms with Crippen molar-refractivity contribution in [2.45, 2.75) is 26.4 Å². The molecule has 0 aromatic heterocycles. The van der Waals surface area contributed by atoms with Gasteiger partial charge in [0.1, 0.15) is 17.6 Å². The lowest BCUT2D eigenvalue weighted by Crippen LogP contribution is -2.17. The monoisotopic (exact) mass is 358 g/mol. The summed E-state index contributed by atoms with van der Waals surface area (Å²) >= 11 is 5.89. The molecule has 0 fully saturated rings. The van der Waals surface area contributed by atoms with Crippen molar-refractivity contribution in [1.29, 1.82) is 0 Å². The number of benzene rings is 2. The minimum absolute atomic E-state index is 0.152. The second-order valence-electron chi connectivity index (χ2n) is 5.77. The maximum absolute atomic E-state index is 12.1. The normalized spacial score (nSPS) is 15.7. The zero-order valence-corrected chi connectivity index (χ0v) is 14.8. The van der Waals surface area contributed by atoms with Gasteiger partial charge in [-0.05, 0) is 44.2 Å². The summed E-state index contributed by atoms with van der Waals surface area (Å²) in [4.78, 5) is 12.1. The van der Waals surface area contributed by atoms with E-state index < -0.39 is 0 Å². The third-order valence-corrected chi connectivity index (χ3v) is 4.02. The highest BCUT2D eigenvalue weighted by Crippen LogP contribution is 2.34. The Morgan fingerprint density at radius 2 is 2.28 bits per heavy atom. The molecule has 0 saturated carbocycles. The van der Waals surface area contributed by atoms with Gasteiger partial charge in [0, 0.05) is 28.1 Å². The predicted octanol–water partition coefficient (Wildman–Crippen LogP) is 3.83. The molecule has 2 aromatic carbocycles. The lowest BCUT2D eigenvalue weighted by atomic mass is 10.1. The Morgan fingerprint density at radius 3 is 3.04 bits per heavy atom. The van der Waals surface area contributed by atoms with Crippen molar-refractivity contribution in [3.8, 4) is 11.5 Å². The molecule has 1 N–H and O–H groups in total. The van der Waals surface area contributed by atoms with Crippen LogP contribution in [0.2, 0.25) is 5.02 Å². The van der Waals surface area contributed by atoms with Crippen molar-refractivity contribution in [2.24, 2.45) is 5.10 Å². The number of halogens is 1. The fourth-order valence-electron chi connectivity index (χ4n) is 2.69. The molecule has 1 heterocycles. The molecule has 0 aliphatic carbocycles. The van der Waals surface area contributed by atoms with Crippen molar-refractivity contribution < 1.29 is 14.3 Å². The first kappa shape index (κ1) is 17.3. The van der Waals surface area contributed by atoms with Gasteiger partial charge in [-0.3, -0.25) is 4.79 Å². The third-order valence-electron chi connectivity index (χ3n) is 3.78. The number of carbonyl (C=O) groups is 1. The molecule has 2 aromatic rings. The fourth-order valence-corrected chi connectivity index (χ4v) is 2.88. The van der Waals surface area contributed by atoms with Gasteiger partial charge in [0.05, 0.1) is 12.8 Å². The van der Waals surface area contributed by atoms with Crippen LogP contribution in [0.5, 0.6) is 11.5 Å². The SMILES string of the molecule is CCOc1cc2c(cc1/C=N\NC(=O)c1cccc(Cl)c1)O[C@H](C)C2. The highest BCUT2D eigenvalue weighted by molar-refractivity contribution is 6.30. The molecule has 130 valence electrons. The summed E-state index contributed by atoms with van der Waals surface area (Å²) in [5.41, 5.74) is 4.81. The second-order valence-corrected chi connectivity index (χ2v) is 6.21. The van der Waals surface area contributed by atoms with Crippen LogP contribution in [0.3, 0.4) is 0 Å². The summed E-state index contributed by atoms with van der Waals surface area (Å²) in [6.45, 7) is 4.50. The number of amides is 1. The number of carbonyl (C=O) groups excluding carboxylic acids is 1. The van der Waals surface area contributed by atoms with Gasteiger partial charge < -0.3 is 9.47 Å². The molecule has 0 saturated heterocycles. The third kappa shape index (κ3) is 4.12. The first-order valence-corrected chi connectivity index (χ1v) is 8.50. The largest absolute Gasteiger partial charge is 0.493 e. The molecule has 1 aliphatic heterocycles. The lowest BCUT2D eigenvalue weighted by molar-refractivity contribution is 0.0955. The lowest BCUT2D eigenvalue weighted by Gasteiger charge is -2.09. The first-order valence-electron chi connectivity index (χ1n) is 8.12. The smallest absolute Gasteiger partial charge is 0.271 e. The minimum atomic E-state index is -0.331. The average molecular weight is 359 g/mol. The molecule has 3 rings (SSSR count). The van der Waals surface area contributed by atoms with Crippen LogP contribution in [-0.2, 0) is 6.42 Å². The quantitative estimate of drug-likeness (QED) is 0.652. The van der Waals surface area contributed by atoms with E-state index in [-0.39, 0.29) is 12.0 Å². The summed E-state index contributed by atoms with van der Waals surface area (Å²) in [7, 11) is 0. The highest BCUT2D eigenvalue weighted by Gasteiger charge is 2.21. The Kier molecular flexibility index (Phi) is 5.24. The van der Waals surface area contributed by atoms with E-state index in [1.54, 1.807) is 30.5 Å². The molecule has 5 nitrogen and oxygen atoms in total. The van der Waals surface area contributed by atoms with Crippen LogP contribution in [0.25, 0.3) is 0 Å². The number of ether oxygens (including phenoxy) is 2. The number of rotatable bonds is 5. The number of hydrogen-bond donors (Lipinski definition) is 1. The number of hydrazone groups is 1. The number of hydrogen-bond acceptors (Lipinski definition) is 4. The zero-order chi connectivity index (χ0) is 17.8. The molecule has 6 heteroatoms. The minimum Gasteiger partial charge on any atom is -0.493 e. The topological polar surface area (TPSA) is 59.9 Å². The molecular weight excluding hydrogens is 340 g/mol. The maximum Gasteiger partial charge on any atom is 0.271 e. The Balaban J connectivity index is 1.76. The van der Waals surface area contributed by atoms with Gasteiger partial charge in [-0.15, -0.1) is 0 Å². The van der Waals surface area contributed by atoms with Gasteiger partial charge in [-0.1, -0.05) is 17.7 Å².